The third-order valence-corrected chi connectivity index (χ3v) is 4.93. The van der Waals surface area contributed by atoms with Crippen LogP contribution in [0.15, 0.2) is 48.5 Å². The minimum atomic E-state index is 0.642. The van der Waals surface area contributed by atoms with Crippen LogP contribution in [-0.2, 0) is 19.3 Å². The van der Waals surface area contributed by atoms with Crippen molar-refractivity contribution < 1.29 is 0 Å². The van der Waals surface area contributed by atoms with Crippen LogP contribution in [-0.4, -0.2) is 12.1 Å². The summed E-state index contributed by atoms with van der Waals surface area (Å²) in [6.45, 7) is 2.39. The SMILES string of the molecule is C[C@H]1CCc2cccc3c2N1[C@@H](Cc1ccccc1)C3. The Morgan fingerprint density at radius 1 is 1.00 bits per heavy atom. The average molecular weight is 263 g/mol. The largest absolute Gasteiger partial charge is 0.365 e. The first-order valence-corrected chi connectivity index (χ1v) is 7.76. The van der Waals surface area contributed by atoms with E-state index in [4.69, 9.17) is 0 Å². The quantitative estimate of drug-likeness (QED) is 0.791. The van der Waals surface area contributed by atoms with E-state index in [9.17, 15) is 0 Å². The highest BCUT2D eigenvalue weighted by molar-refractivity contribution is 5.67. The zero-order valence-electron chi connectivity index (χ0n) is 12.0. The van der Waals surface area contributed by atoms with Crippen LogP contribution in [0.3, 0.4) is 0 Å². The lowest BCUT2D eigenvalue weighted by Crippen LogP contribution is -2.43. The van der Waals surface area contributed by atoms with Crippen molar-refractivity contribution in [3.8, 4) is 0 Å². The molecule has 0 bridgehead atoms. The van der Waals surface area contributed by atoms with Crippen molar-refractivity contribution in [2.45, 2.75) is 44.7 Å². The van der Waals surface area contributed by atoms with Gasteiger partial charge >= 0.3 is 0 Å². The van der Waals surface area contributed by atoms with Crippen LogP contribution in [0, 0.1) is 0 Å². The highest BCUT2D eigenvalue weighted by Gasteiger charge is 2.36. The fourth-order valence-electron chi connectivity index (χ4n) is 4.02. The Bertz CT molecular complexity index is 617. The highest BCUT2D eigenvalue weighted by atomic mass is 15.2. The first-order chi connectivity index (χ1) is 9.83. The van der Waals surface area contributed by atoms with E-state index in [1.807, 2.05) is 0 Å². The van der Waals surface area contributed by atoms with Gasteiger partial charge in [-0.05, 0) is 49.3 Å². The Balaban J connectivity index is 1.69. The lowest BCUT2D eigenvalue weighted by atomic mass is 9.96. The van der Waals surface area contributed by atoms with Crippen LogP contribution in [0.2, 0.25) is 0 Å². The molecule has 2 heterocycles. The van der Waals surface area contributed by atoms with E-state index in [-0.39, 0.29) is 0 Å². The van der Waals surface area contributed by atoms with Gasteiger partial charge in [-0.25, -0.2) is 0 Å². The Kier molecular flexibility index (Phi) is 2.80. The van der Waals surface area contributed by atoms with Crippen LogP contribution in [0.1, 0.15) is 30.0 Å². The fourth-order valence-corrected chi connectivity index (χ4v) is 4.02. The molecule has 0 saturated heterocycles. The monoisotopic (exact) mass is 263 g/mol. The first kappa shape index (κ1) is 12.0. The van der Waals surface area contributed by atoms with Gasteiger partial charge in [0.15, 0.2) is 0 Å². The normalized spacial score (nSPS) is 23.8. The minimum Gasteiger partial charge on any atom is -0.365 e. The standard InChI is InChI=1S/C19H21N/c1-14-10-11-16-8-5-9-17-13-18(20(14)19(16)17)12-15-6-3-2-4-7-15/h2-9,14,18H,10-13H2,1H3/t14-,18-/m0/s1. The van der Waals surface area contributed by atoms with Crippen molar-refractivity contribution in [1.82, 2.24) is 0 Å². The summed E-state index contributed by atoms with van der Waals surface area (Å²) in [4.78, 5) is 2.71. The third kappa shape index (κ3) is 1.84. The summed E-state index contributed by atoms with van der Waals surface area (Å²) in [6, 6.07) is 19.2. The van der Waals surface area contributed by atoms with Crippen LogP contribution in [0.25, 0.3) is 0 Å². The smallest absolute Gasteiger partial charge is 0.0437 e. The number of hydrogen-bond donors (Lipinski definition) is 0. The molecule has 4 rings (SSSR count). The number of benzene rings is 2. The number of anilines is 1. The maximum Gasteiger partial charge on any atom is 0.0437 e. The molecule has 0 N–H and O–H groups in total. The molecule has 0 fully saturated rings. The summed E-state index contributed by atoms with van der Waals surface area (Å²) in [5, 5.41) is 0. The average Bonchev–Trinajstić information content (AvgIpc) is 2.84. The van der Waals surface area contributed by atoms with Crippen molar-refractivity contribution in [3.05, 3.63) is 65.2 Å². The molecule has 0 aromatic heterocycles. The van der Waals surface area contributed by atoms with Crippen molar-refractivity contribution in [1.29, 1.82) is 0 Å². The van der Waals surface area contributed by atoms with Crippen molar-refractivity contribution in [2.75, 3.05) is 4.90 Å². The topological polar surface area (TPSA) is 3.24 Å². The van der Waals surface area contributed by atoms with Crippen LogP contribution in [0.4, 0.5) is 5.69 Å². The van der Waals surface area contributed by atoms with Gasteiger partial charge in [0.2, 0.25) is 0 Å². The molecule has 102 valence electrons. The Hall–Kier alpha value is -1.76. The van der Waals surface area contributed by atoms with Gasteiger partial charge in [0.25, 0.3) is 0 Å². The zero-order valence-corrected chi connectivity index (χ0v) is 12.0. The van der Waals surface area contributed by atoms with E-state index < -0.39 is 0 Å². The number of nitrogens with zero attached hydrogens (tertiary/aromatic N) is 1. The molecular weight excluding hydrogens is 242 g/mol. The summed E-state index contributed by atoms with van der Waals surface area (Å²) in [6.07, 6.45) is 4.92. The Morgan fingerprint density at radius 2 is 1.80 bits per heavy atom. The van der Waals surface area contributed by atoms with Crippen LogP contribution in [0.5, 0.6) is 0 Å². The number of aryl methyl sites for hydroxylation is 1. The minimum absolute atomic E-state index is 0.642. The van der Waals surface area contributed by atoms with Crippen LogP contribution >= 0.6 is 0 Å². The van der Waals surface area contributed by atoms with Gasteiger partial charge in [-0.1, -0.05) is 48.5 Å². The van der Waals surface area contributed by atoms with E-state index in [1.54, 1.807) is 16.8 Å². The Labute approximate surface area is 121 Å². The molecule has 0 amide bonds. The second-order valence-electron chi connectivity index (χ2n) is 6.27. The molecular formula is C19H21N. The van der Waals surface area contributed by atoms with Crippen LogP contribution < -0.4 is 4.90 Å². The van der Waals surface area contributed by atoms with E-state index in [0.717, 1.165) is 0 Å². The molecule has 0 aliphatic carbocycles. The third-order valence-electron chi connectivity index (χ3n) is 4.93. The predicted molar refractivity (Wildman–Crippen MR) is 84.3 cm³/mol. The van der Waals surface area contributed by atoms with Gasteiger partial charge in [-0.15, -0.1) is 0 Å². The van der Waals surface area contributed by atoms with E-state index in [0.29, 0.717) is 12.1 Å². The van der Waals surface area contributed by atoms with Gasteiger partial charge in [0.05, 0.1) is 0 Å². The summed E-state index contributed by atoms with van der Waals surface area (Å²) >= 11 is 0. The molecule has 20 heavy (non-hydrogen) atoms. The van der Waals surface area contributed by atoms with E-state index >= 15 is 0 Å². The predicted octanol–water partition coefficient (Wildman–Crippen LogP) is 4.00. The maximum atomic E-state index is 2.71. The first-order valence-electron chi connectivity index (χ1n) is 7.76. The van der Waals surface area contributed by atoms with E-state index in [1.165, 1.54) is 31.2 Å². The molecule has 1 nitrogen and oxygen atoms in total. The van der Waals surface area contributed by atoms with Gasteiger partial charge in [0, 0.05) is 17.8 Å². The molecule has 0 spiro atoms. The maximum absolute atomic E-state index is 2.71. The number of hydrogen-bond acceptors (Lipinski definition) is 1. The second-order valence-corrected chi connectivity index (χ2v) is 6.27. The summed E-state index contributed by atoms with van der Waals surface area (Å²) < 4.78 is 0. The summed E-state index contributed by atoms with van der Waals surface area (Å²) in [5.74, 6) is 0. The molecule has 0 saturated carbocycles. The molecule has 0 radical (unpaired) electrons. The van der Waals surface area contributed by atoms with Crippen molar-refractivity contribution in [3.63, 3.8) is 0 Å². The molecule has 2 aliphatic heterocycles. The number of para-hydroxylation sites is 1. The van der Waals surface area contributed by atoms with E-state index in [2.05, 4.69) is 60.4 Å². The lowest BCUT2D eigenvalue weighted by Gasteiger charge is -2.38. The molecule has 1 heteroatoms. The highest BCUT2D eigenvalue weighted by Crippen LogP contribution is 2.42. The molecule has 2 aromatic rings. The molecule has 0 unspecified atom stereocenters. The van der Waals surface area contributed by atoms with Gasteiger partial charge in [-0.2, -0.15) is 0 Å². The lowest BCUT2D eigenvalue weighted by molar-refractivity contribution is 0.503. The molecule has 2 atom stereocenters. The summed E-state index contributed by atoms with van der Waals surface area (Å²) in [7, 11) is 0. The molecule has 2 aromatic carbocycles. The van der Waals surface area contributed by atoms with Crippen molar-refractivity contribution >= 4 is 5.69 Å². The zero-order chi connectivity index (χ0) is 13.5. The van der Waals surface area contributed by atoms with Crippen molar-refractivity contribution in [2.24, 2.45) is 0 Å². The van der Waals surface area contributed by atoms with Gasteiger partial charge in [-0.3, -0.25) is 0 Å². The van der Waals surface area contributed by atoms with Gasteiger partial charge < -0.3 is 4.90 Å². The molecule has 2 aliphatic rings. The fraction of sp³-hybridized carbons (Fsp3) is 0.368. The van der Waals surface area contributed by atoms with Gasteiger partial charge in [0.1, 0.15) is 0 Å². The summed E-state index contributed by atoms with van der Waals surface area (Å²) in [5.41, 5.74) is 6.16. The number of rotatable bonds is 2. The Morgan fingerprint density at radius 3 is 2.65 bits per heavy atom. The second kappa shape index (κ2) is 4.66.